The van der Waals surface area contributed by atoms with Crippen LogP contribution in [0, 0.1) is 0 Å². The van der Waals surface area contributed by atoms with E-state index in [1.165, 1.54) is 0 Å². The first kappa shape index (κ1) is 22.4. The molecule has 3 N–H and O–H groups in total. The van der Waals surface area contributed by atoms with Crippen LogP contribution in [0.15, 0.2) is 43.0 Å². The zero-order valence-corrected chi connectivity index (χ0v) is 19.8. The molecule has 0 bridgehead atoms. The van der Waals surface area contributed by atoms with E-state index >= 15 is 0 Å². The number of hydrogen-bond donors (Lipinski definition) is 2. The van der Waals surface area contributed by atoms with Crippen LogP contribution in [-0.2, 0) is 16.5 Å². The summed E-state index contributed by atoms with van der Waals surface area (Å²) in [6.07, 6.45) is 5.17. The number of carbonyl (C=O) groups is 1. The molecule has 0 spiro atoms. The van der Waals surface area contributed by atoms with Gasteiger partial charge in [-0.15, -0.1) is 0 Å². The van der Waals surface area contributed by atoms with Crippen LogP contribution in [0.1, 0.15) is 22.1 Å². The minimum Gasteiger partial charge on any atom is -0.380 e. The molecule has 0 aliphatic carbocycles. The second-order valence-electron chi connectivity index (χ2n) is 8.93. The molecule has 0 saturated carbocycles. The molecule has 4 aromatic rings. The summed E-state index contributed by atoms with van der Waals surface area (Å²) in [4.78, 5) is 33.3. The van der Waals surface area contributed by atoms with Gasteiger partial charge in [0.1, 0.15) is 5.52 Å². The molecular weight excluding hydrogens is 460 g/mol. The maximum Gasteiger partial charge on any atom is 0.271 e. The summed E-state index contributed by atoms with van der Waals surface area (Å²) >= 11 is 0. The van der Waals surface area contributed by atoms with Crippen molar-refractivity contribution in [1.29, 1.82) is 0 Å². The molecule has 0 atom stereocenters. The van der Waals surface area contributed by atoms with Gasteiger partial charge in [-0.3, -0.25) is 9.78 Å². The number of benzene rings is 1. The molecule has 11 heteroatoms. The fourth-order valence-electron chi connectivity index (χ4n) is 4.51. The molecule has 3 aromatic heterocycles. The highest BCUT2D eigenvalue weighted by Crippen LogP contribution is 2.35. The Morgan fingerprint density at radius 1 is 1.08 bits per heavy atom. The quantitative estimate of drug-likeness (QED) is 0.421. The van der Waals surface area contributed by atoms with Gasteiger partial charge in [0, 0.05) is 43.3 Å². The molecule has 6 rings (SSSR count). The third-order valence-corrected chi connectivity index (χ3v) is 6.58. The maximum atomic E-state index is 12.5. The second-order valence-corrected chi connectivity index (χ2v) is 8.93. The fraction of sp³-hybridized carbons (Fsp3) is 0.320. The third-order valence-electron chi connectivity index (χ3n) is 6.58. The summed E-state index contributed by atoms with van der Waals surface area (Å²) in [6.45, 7) is 4.21. The Bertz CT molecular complexity index is 1430. The molecule has 1 aromatic carbocycles. The Balaban J connectivity index is 1.40. The van der Waals surface area contributed by atoms with E-state index in [0.29, 0.717) is 30.3 Å². The molecule has 36 heavy (non-hydrogen) atoms. The largest absolute Gasteiger partial charge is 0.380 e. The summed E-state index contributed by atoms with van der Waals surface area (Å²) in [5, 5.41) is 3.25. The van der Waals surface area contributed by atoms with Gasteiger partial charge in [-0.2, -0.15) is 0 Å². The van der Waals surface area contributed by atoms with Crippen LogP contribution in [0.2, 0.25) is 0 Å². The number of nitrogens with two attached hydrogens (primary N) is 1. The lowest BCUT2D eigenvalue weighted by atomic mass is 9.97. The lowest BCUT2D eigenvalue weighted by Crippen LogP contribution is -2.36. The number of carbonyl (C=O) groups excluding carboxylic acids is 1. The molecule has 2 aliphatic rings. The average molecular weight is 487 g/mol. The van der Waals surface area contributed by atoms with Crippen molar-refractivity contribution < 1.29 is 14.3 Å². The smallest absolute Gasteiger partial charge is 0.271 e. The van der Waals surface area contributed by atoms with Crippen molar-refractivity contribution in [2.75, 3.05) is 49.7 Å². The van der Waals surface area contributed by atoms with E-state index in [1.54, 1.807) is 18.7 Å². The summed E-state index contributed by atoms with van der Waals surface area (Å²) < 4.78 is 12.8. The number of amides is 1. The van der Waals surface area contributed by atoms with E-state index in [0.717, 1.165) is 54.4 Å². The summed E-state index contributed by atoms with van der Waals surface area (Å²) in [5.41, 5.74) is 11.3. The van der Waals surface area contributed by atoms with Crippen LogP contribution >= 0.6 is 0 Å². The van der Waals surface area contributed by atoms with Gasteiger partial charge in [0.2, 0.25) is 0 Å². The van der Waals surface area contributed by atoms with Crippen LogP contribution in [0.4, 0.5) is 17.2 Å². The average Bonchev–Trinajstić information content (AvgIpc) is 3.25. The number of pyridine rings is 1. The van der Waals surface area contributed by atoms with Gasteiger partial charge in [0.25, 0.3) is 5.91 Å². The van der Waals surface area contributed by atoms with E-state index in [4.69, 9.17) is 25.2 Å². The number of morpholine rings is 1. The molecule has 5 heterocycles. The second kappa shape index (κ2) is 9.17. The summed E-state index contributed by atoms with van der Waals surface area (Å²) in [7, 11) is 1.90. The monoisotopic (exact) mass is 486 g/mol. The molecule has 2 fully saturated rings. The van der Waals surface area contributed by atoms with Crippen LogP contribution in [0.25, 0.3) is 22.3 Å². The lowest BCUT2D eigenvalue weighted by Gasteiger charge is -2.29. The number of hydrogen-bond acceptors (Lipinski definition) is 9. The SMILES string of the molecule is Cn1cnc2c(-c3nc(C(N)=O)c(Nc4ccc(N5CCOCC5)cc4)nc3C3COC3)cncc21. The van der Waals surface area contributed by atoms with Gasteiger partial charge in [-0.25, -0.2) is 15.0 Å². The first-order valence-electron chi connectivity index (χ1n) is 11.8. The molecule has 11 nitrogen and oxygen atoms in total. The minimum atomic E-state index is -0.672. The summed E-state index contributed by atoms with van der Waals surface area (Å²) in [6, 6.07) is 7.98. The molecule has 0 unspecified atom stereocenters. The Kier molecular flexibility index (Phi) is 5.70. The highest BCUT2D eigenvalue weighted by molar-refractivity contribution is 5.98. The number of aromatic nitrogens is 5. The molecule has 2 aliphatic heterocycles. The minimum absolute atomic E-state index is 0.0395. The van der Waals surface area contributed by atoms with Crippen molar-refractivity contribution in [1.82, 2.24) is 24.5 Å². The van der Waals surface area contributed by atoms with E-state index in [1.807, 2.05) is 35.9 Å². The molecule has 0 radical (unpaired) electrons. The normalized spacial score (nSPS) is 16.2. The van der Waals surface area contributed by atoms with Gasteiger partial charge < -0.3 is 30.0 Å². The molecule has 2 saturated heterocycles. The number of aryl methyl sites for hydroxylation is 1. The zero-order valence-electron chi connectivity index (χ0n) is 19.8. The molecular formula is C25H26N8O3. The number of ether oxygens (including phenoxy) is 2. The van der Waals surface area contributed by atoms with Gasteiger partial charge in [-0.1, -0.05) is 0 Å². The Morgan fingerprint density at radius 2 is 1.86 bits per heavy atom. The van der Waals surface area contributed by atoms with E-state index in [2.05, 4.69) is 20.2 Å². The highest BCUT2D eigenvalue weighted by atomic mass is 16.5. The van der Waals surface area contributed by atoms with E-state index in [9.17, 15) is 4.79 Å². The Labute approximate surface area is 207 Å². The van der Waals surface area contributed by atoms with Crippen LogP contribution in [0.5, 0.6) is 0 Å². The predicted molar refractivity (Wildman–Crippen MR) is 134 cm³/mol. The van der Waals surface area contributed by atoms with Gasteiger partial charge in [0.15, 0.2) is 11.5 Å². The standard InChI is InChI=1S/C25H26N8O3/c1-32-14-28-21-18(10-27-11-19(21)32)22-20(15-12-36-13-15)31-25(23(30-22)24(26)34)29-16-2-4-17(5-3-16)33-6-8-35-9-7-33/h2-5,10-11,14-15H,6-9,12-13H2,1H3,(H2,26,34)(H,29,31). The van der Waals surface area contributed by atoms with Crippen molar-refractivity contribution in [3.05, 3.63) is 54.4 Å². The van der Waals surface area contributed by atoms with Gasteiger partial charge >= 0.3 is 0 Å². The van der Waals surface area contributed by atoms with Crippen molar-refractivity contribution in [3.8, 4) is 11.3 Å². The summed E-state index contributed by atoms with van der Waals surface area (Å²) in [5.74, 6) is -0.320. The van der Waals surface area contributed by atoms with Crippen molar-refractivity contribution in [2.45, 2.75) is 5.92 Å². The Hall–Kier alpha value is -4.09. The van der Waals surface area contributed by atoms with Crippen molar-refractivity contribution >= 4 is 34.1 Å². The number of imidazole rings is 1. The van der Waals surface area contributed by atoms with Crippen molar-refractivity contribution in [3.63, 3.8) is 0 Å². The van der Waals surface area contributed by atoms with Crippen LogP contribution in [0.3, 0.4) is 0 Å². The topological polar surface area (TPSA) is 133 Å². The highest BCUT2D eigenvalue weighted by Gasteiger charge is 2.30. The first-order chi connectivity index (χ1) is 17.6. The number of anilines is 3. The Morgan fingerprint density at radius 3 is 2.56 bits per heavy atom. The van der Waals surface area contributed by atoms with E-state index < -0.39 is 5.91 Å². The van der Waals surface area contributed by atoms with Crippen LogP contribution < -0.4 is 16.0 Å². The number of fused-ring (bicyclic) bond motifs is 1. The molecule has 184 valence electrons. The lowest BCUT2D eigenvalue weighted by molar-refractivity contribution is 0.00688. The number of primary amides is 1. The first-order valence-corrected chi connectivity index (χ1v) is 11.8. The number of nitrogens with one attached hydrogen (secondary N) is 1. The third kappa shape index (κ3) is 4.01. The predicted octanol–water partition coefficient (Wildman–Crippen LogP) is 2.22. The van der Waals surface area contributed by atoms with Gasteiger partial charge in [-0.05, 0) is 24.3 Å². The zero-order chi connectivity index (χ0) is 24.6. The fourth-order valence-corrected chi connectivity index (χ4v) is 4.51. The number of rotatable bonds is 6. The number of nitrogens with zero attached hydrogens (tertiary/aromatic N) is 6. The maximum absolute atomic E-state index is 12.5. The van der Waals surface area contributed by atoms with Crippen molar-refractivity contribution in [2.24, 2.45) is 12.8 Å². The molecule has 1 amide bonds. The van der Waals surface area contributed by atoms with E-state index in [-0.39, 0.29) is 11.6 Å². The van der Waals surface area contributed by atoms with Gasteiger partial charge in [0.05, 0.1) is 61.8 Å². The van der Waals surface area contributed by atoms with Crippen LogP contribution in [-0.4, -0.2) is 69.9 Å².